The number of aliphatic hydroxyl groups excluding tert-OH is 1. The summed E-state index contributed by atoms with van der Waals surface area (Å²) in [5, 5.41) is 23.4. The second kappa shape index (κ2) is 7.74. The van der Waals surface area contributed by atoms with E-state index in [4.69, 9.17) is 0 Å². The van der Waals surface area contributed by atoms with Crippen LogP contribution >= 0.6 is 0 Å². The van der Waals surface area contributed by atoms with Crippen molar-refractivity contribution in [2.24, 2.45) is 5.92 Å². The number of hydrogen-bond donors (Lipinski definition) is 2. The first-order chi connectivity index (χ1) is 10.3. The van der Waals surface area contributed by atoms with Crippen molar-refractivity contribution in [3.8, 4) is 0 Å². The quantitative estimate of drug-likeness (QED) is 0.591. The summed E-state index contributed by atoms with van der Waals surface area (Å²) in [4.78, 5) is 24.3. The Morgan fingerprint density at radius 2 is 2.09 bits per heavy atom. The summed E-state index contributed by atoms with van der Waals surface area (Å²) in [6.45, 7) is 3.97. The second-order valence-electron chi connectivity index (χ2n) is 5.52. The van der Waals surface area contributed by atoms with Gasteiger partial charge in [0.05, 0.1) is 16.6 Å². The standard InChI is InChI=1S/C15H23N3O4/c1-5-10(2)14(19)9-16-15(20)12-8-11(18(21)22)6-7-13(12)17(3)4/h6-8,10,14,19H,5,9H2,1-4H3,(H,16,20). The molecule has 0 aliphatic carbocycles. The Hall–Kier alpha value is -2.15. The number of aliphatic hydroxyl groups is 1. The normalized spacial score (nSPS) is 13.3. The summed E-state index contributed by atoms with van der Waals surface area (Å²) in [5.74, 6) is -0.367. The second-order valence-corrected chi connectivity index (χ2v) is 5.52. The fourth-order valence-corrected chi connectivity index (χ4v) is 1.98. The van der Waals surface area contributed by atoms with Crippen LogP contribution in [0.2, 0.25) is 0 Å². The number of nitro benzene ring substituents is 1. The molecule has 2 atom stereocenters. The highest BCUT2D eigenvalue weighted by molar-refractivity contribution is 6.00. The van der Waals surface area contributed by atoms with Crippen LogP contribution in [0.1, 0.15) is 30.6 Å². The fourth-order valence-electron chi connectivity index (χ4n) is 1.98. The third-order valence-corrected chi connectivity index (χ3v) is 3.69. The van der Waals surface area contributed by atoms with Crippen LogP contribution < -0.4 is 10.2 Å². The lowest BCUT2D eigenvalue weighted by atomic mass is 10.0. The van der Waals surface area contributed by atoms with Crippen molar-refractivity contribution in [2.45, 2.75) is 26.4 Å². The van der Waals surface area contributed by atoms with Crippen LogP contribution in [0.3, 0.4) is 0 Å². The first-order valence-corrected chi connectivity index (χ1v) is 7.19. The van der Waals surface area contributed by atoms with E-state index in [-0.39, 0.29) is 23.7 Å². The number of anilines is 1. The molecule has 0 aliphatic rings. The third kappa shape index (κ3) is 4.42. The predicted molar refractivity (Wildman–Crippen MR) is 85.2 cm³/mol. The van der Waals surface area contributed by atoms with E-state index >= 15 is 0 Å². The van der Waals surface area contributed by atoms with Gasteiger partial charge in [0.25, 0.3) is 11.6 Å². The van der Waals surface area contributed by atoms with Crippen molar-refractivity contribution in [3.05, 3.63) is 33.9 Å². The van der Waals surface area contributed by atoms with Crippen molar-refractivity contribution in [3.63, 3.8) is 0 Å². The molecule has 22 heavy (non-hydrogen) atoms. The molecule has 1 aromatic rings. The van der Waals surface area contributed by atoms with Crippen molar-refractivity contribution in [2.75, 3.05) is 25.5 Å². The number of carbonyl (C=O) groups excluding carboxylic acids is 1. The molecule has 1 amide bonds. The van der Waals surface area contributed by atoms with Crippen molar-refractivity contribution < 1.29 is 14.8 Å². The number of nitrogens with one attached hydrogen (secondary N) is 1. The van der Waals surface area contributed by atoms with E-state index in [1.807, 2.05) is 13.8 Å². The number of rotatable bonds is 7. The monoisotopic (exact) mass is 309 g/mol. The molecule has 1 aromatic carbocycles. The lowest BCUT2D eigenvalue weighted by molar-refractivity contribution is -0.384. The molecule has 0 bridgehead atoms. The number of nitro groups is 1. The summed E-state index contributed by atoms with van der Waals surface area (Å²) < 4.78 is 0. The zero-order chi connectivity index (χ0) is 16.9. The zero-order valence-corrected chi connectivity index (χ0v) is 13.4. The number of carbonyl (C=O) groups is 1. The van der Waals surface area contributed by atoms with Gasteiger partial charge in [-0.1, -0.05) is 20.3 Å². The van der Waals surface area contributed by atoms with Crippen molar-refractivity contribution in [1.29, 1.82) is 0 Å². The molecule has 1 rings (SSSR count). The Kier molecular flexibility index (Phi) is 6.30. The molecule has 0 spiro atoms. The Bertz CT molecular complexity index is 546. The summed E-state index contributed by atoms with van der Waals surface area (Å²) in [6.07, 6.45) is 0.159. The van der Waals surface area contributed by atoms with Crippen molar-refractivity contribution >= 4 is 17.3 Å². The summed E-state index contributed by atoms with van der Waals surface area (Å²) >= 11 is 0. The van der Waals surface area contributed by atoms with E-state index in [0.29, 0.717) is 5.69 Å². The maximum absolute atomic E-state index is 12.3. The van der Waals surface area contributed by atoms with E-state index in [0.717, 1.165) is 6.42 Å². The number of amides is 1. The van der Waals surface area contributed by atoms with Gasteiger partial charge >= 0.3 is 0 Å². The average molecular weight is 309 g/mol. The van der Waals surface area contributed by atoms with Crippen LogP contribution in [-0.2, 0) is 0 Å². The lowest BCUT2D eigenvalue weighted by Crippen LogP contribution is -2.36. The molecular weight excluding hydrogens is 286 g/mol. The zero-order valence-electron chi connectivity index (χ0n) is 13.4. The van der Waals surface area contributed by atoms with Gasteiger partial charge in [-0.25, -0.2) is 0 Å². The van der Waals surface area contributed by atoms with Gasteiger partial charge in [0.1, 0.15) is 0 Å². The number of non-ortho nitro benzene ring substituents is 1. The smallest absolute Gasteiger partial charge is 0.270 e. The largest absolute Gasteiger partial charge is 0.391 e. The van der Waals surface area contributed by atoms with E-state index < -0.39 is 16.9 Å². The van der Waals surface area contributed by atoms with Gasteiger partial charge in [0, 0.05) is 38.5 Å². The maximum atomic E-state index is 12.3. The molecule has 0 saturated carbocycles. The Morgan fingerprint density at radius 3 is 2.59 bits per heavy atom. The van der Waals surface area contributed by atoms with Crippen LogP contribution in [0.4, 0.5) is 11.4 Å². The van der Waals surface area contributed by atoms with Crippen molar-refractivity contribution in [1.82, 2.24) is 5.32 Å². The van der Waals surface area contributed by atoms with Gasteiger partial charge in [-0.3, -0.25) is 14.9 Å². The first-order valence-electron chi connectivity index (χ1n) is 7.19. The van der Waals surface area contributed by atoms with Crippen LogP contribution in [0, 0.1) is 16.0 Å². The average Bonchev–Trinajstić information content (AvgIpc) is 2.50. The van der Waals surface area contributed by atoms with E-state index in [2.05, 4.69) is 5.32 Å². The predicted octanol–water partition coefficient (Wildman–Crippen LogP) is 1.80. The highest BCUT2D eigenvalue weighted by atomic mass is 16.6. The molecule has 0 fully saturated rings. The number of hydrogen-bond acceptors (Lipinski definition) is 5. The van der Waals surface area contributed by atoms with Crippen LogP contribution in [0.5, 0.6) is 0 Å². The number of nitrogens with zero attached hydrogens (tertiary/aromatic N) is 2. The van der Waals surface area contributed by atoms with Gasteiger partial charge < -0.3 is 15.3 Å². The molecule has 2 unspecified atom stereocenters. The molecule has 0 aliphatic heterocycles. The lowest BCUT2D eigenvalue weighted by Gasteiger charge is -2.20. The molecule has 122 valence electrons. The van der Waals surface area contributed by atoms with E-state index in [1.54, 1.807) is 19.0 Å². The van der Waals surface area contributed by atoms with Gasteiger partial charge in [0.15, 0.2) is 0 Å². The fraction of sp³-hybridized carbons (Fsp3) is 0.533. The Morgan fingerprint density at radius 1 is 1.45 bits per heavy atom. The molecule has 7 nitrogen and oxygen atoms in total. The summed E-state index contributed by atoms with van der Waals surface area (Å²) in [7, 11) is 3.51. The number of benzene rings is 1. The molecule has 2 N–H and O–H groups in total. The van der Waals surface area contributed by atoms with E-state index in [1.165, 1.54) is 18.2 Å². The topological polar surface area (TPSA) is 95.7 Å². The Labute approximate surface area is 130 Å². The summed E-state index contributed by atoms with van der Waals surface area (Å²) in [5.41, 5.74) is 0.662. The molecule has 0 radical (unpaired) electrons. The molecule has 7 heteroatoms. The van der Waals surface area contributed by atoms with Crippen LogP contribution in [-0.4, -0.2) is 42.7 Å². The molecular formula is C15H23N3O4. The SMILES string of the molecule is CCC(C)C(O)CNC(=O)c1cc([N+](=O)[O-])ccc1N(C)C. The minimum atomic E-state index is -0.643. The summed E-state index contributed by atoms with van der Waals surface area (Å²) in [6, 6.07) is 4.15. The Balaban J connectivity index is 2.95. The first kappa shape index (κ1) is 17.9. The van der Waals surface area contributed by atoms with E-state index in [9.17, 15) is 20.0 Å². The minimum absolute atomic E-state index is 0.0683. The van der Waals surface area contributed by atoms with Crippen LogP contribution in [0.15, 0.2) is 18.2 Å². The minimum Gasteiger partial charge on any atom is -0.391 e. The molecule has 0 aromatic heterocycles. The molecule has 0 heterocycles. The van der Waals surface area contributed by atoms with Gasteiger partial charge in [0.2, 0.25) is 0 Å². The highest BCUT2D eigenvalue weighted by Crippen LogP contribution is 2.24. The third-order valence-electron chi connectivity index (χ3n) is 3.69. The maximum Gasteiger partial charge on any atom is 0.270 e. The highest BCUT2D eigenvalue weighted by Gasteiger charge is 2.19. The van der Waals surface area contributed by atoms with Gasteiger partial charge in [-0.05, 0) is 12.0 Å². The van der Waals surface area contributed by atoms with Crippen LogP contribution in [0.25, 0.3) is 0 Å². The molecule has 0 saturated heterocycles. The van der Waals surface area contributed by atoms with Gasteiger partial charge in [-0.2, -0.15) is 0 Å². The van der Waals surface area contributed by atoms with Gasteiger partial charge in [-0.15, -0.1) is 0 Å².